The summed E-state index contributed by atoms with van der Waals surface area (Å²) in [6, 6.07) is 8.48. The lowest BCUT2D eigenvalue weighted by Gasteiger charge is -2.36. The van der Waals surface area contributed by atoms with Gasteiger partial charge in [0.25, 0.3) is 0 Å². The Hall–Kier alpha value is -0.933. The molecule has 0 heterocycles. The number of Topliss-reactive ketones (excluding diaryl/α,β-unsaturated/α-hetero) is 1. The van der Waals surface area contributed by atoms with Crippen LogP contribution in [-0.4, -0.2) is 14.1 Å². The second kappa shape index (κ2) is 6.05. The van der Waals surface area contributed by atoms with Crippen molar-refractivity contribution in [2.24, 2.45) is 0 Å². The molecule has 2 nitrogen and oxygen atoms in total. The van der Waals surface area contributed by atoms with E-state index in [1.165, 1.54) is 11.1 Å². The Balaban J connectivity index is 2.12. The summed E-state index contributed by atoms with van der Waals surface area (Å²) in [5, 5.41) is 0.227. The molecule has 1 fully saturated rings. The molecule has 0 spiro atoms. The number of carbonyl (C=O) groups is 1. The molecule has 116 valence electrons. The van der Waals surface area contributed by atoms with Crippen LogP contribution in [0.3, 0.4) is 0 Å². The molecule has 0 saturated heterocycles. The quantitative estimate of drug-likeness (QED) is 0.728. The minimum Gasteiger partial charge on any atom is -0.413 e. The van der Waals surface area contributed by atoms with Crippen LogP contribution in [0.15, 0.2) is 24.3 Å². The van der Waals surface area contributed by atoms with E-state index in [4.69, 9.17) is 4.43 Å². The average Bonchev–Trinajstić information content (AvgIpc) is 2.82. The van der Waals surface area contributed by atoms with Gasteiger partial charge in [0.2, 0.25) is 0 Å². The Labute approximate surface area is 130 Å². The normalized spacial score (nSPS) is 20.0. The monoisotopic (exact) mass is 304 g/mol. The van der Waals surface area contributed by atoms with Crippen LogP contribution >= 0.6 is 0 Å². The summed E-state index contributed by atoms with van der Waals surface area (Å²) in [6.45, 7) is 12.0. The number of hydrogen-bond donors (Lipinski definition) is 0. The van der Waals surface area contributed by atoms with E-state index in [1.807, 2.05) is 0 Å². The van der Waals surface area contributed by atoms with Crippen molar-refractivity contribution < 1.29 is 9.22 Å². The third kappa shape index (κ3) is 3.83. The van der Waals surface area contributed by atoms with Crippen molar-refractivity contribution in [3.8, 4) is 0 Å². The van der Waals surface area contributed by atoms with Gasteiger partial charge in [0.15, 0.2) is 8.32 Å². The zero-order valence-electron chi connectivity index (χ0n) is 14.0. The molecule has 3 heteroatoms. The third-order valence-electron chi connectivity index (χ3n) is 5.14. The summed E-state index contributed by atoms with van der Waals surface area (Å²) in [5.41, 5.74) is 2.59. The average molecular weight is 305 g/mol. The lowest BCUT2D eigenvalue weighted by atomic mass is 9.93. The second-order valence-corrected chi connectivity index (χ2v) is 12.5. The van der Waals surface area contributed by atoms with E-state index < -0.39 is 8.32 Å². The van der Waals surface area contributed by atoms with Crippen molar-refractivity contribution >= 4 is 14.1 Å². The van der Waals surface area contributed by atoms with E-state index in [0.29, 0.717) is 24.7 Å². The summed E-state index contributed by atoms with van der Waals surface area (Å²) < 4.78 is 6.36. The van der Waals surface area contributed by atoms with Gasteiger partial charge in [-0.05, 0) is 41.6 Å². The third-order valence-corrected chi connectivity index (χ3v) is 9.61. The van der Waals surface area contributed by atoms with Crippen molar-refractivity contribution in [3.05, 3.63) is 35.4 Å². The maximum absolute atomic E-state index is 11.6. The molecule has 1 aromatic carbocycles. The van der Waals surface area contributed by atoms with Gasteiger partial charge in [0, 0.05) is 12.8 Å². The SMILES string of the molecule is CC(C)(C)[Si](C)(C)OCc1ccccc1C1CCC(=O)C1. The first-order valence-electron chi connectivity index (χ1n) is 7.94. The van der Waals surface area contributed by atoms with Crippen LogP contribution in [0.1, 0.15) is 57.1 Å². The fourth-order valence-electron chi connectivity index (χ4n) is 2.62. The molecule has 1 aliphatic rings. The van der Waals surface area contributed by atoms with Gasteiger partial charge in [0.1, 0.15) is 5.78 Å². The lowest BCUT2D eigenvalue weighted by molar-refractivity contribution is -0.117. The van der Waals surface area contributed by atoms with E-state index in [1.54, 1.807) is 0 Å². The molecule has 0 N–H and O–H groups in total. The smallest absolute Gasteiger partial charge is 0.192 e. The summed E-state index contributed by atoms with van der Waals surface area (Å²) in [6.07, 6.45) is 2.44. The molecule has 1 saturated carbocycles. The molecule has 0 amide bonds. The highest BCUT2D eigenvalue weighted by molar-refractivity contribution is 6.74. The Morgan fingerprint density at radius 1 is 1.24 bits per heavy atom. The van der Waals surface area contributed by atoms with Gasteiger partial charge >= 0.3 is 0 Å². The molecule has 1 aromatic rings. The molecule has 0 aliphatic heterocycles. The minimum absolute atomic E-state index is 0.227. The van der Waals surface area contributed by atoms with Crippen molar-refractivity contribution in [1.82, 2.24) is 0 Å². The number of benzene rings is 1. The van der Waals surface area contributed by atoms with E-state index >= 15 is 0 Å². The fraction of sp³-hybridized carbons (Fsp3) is 0.611. The molecular formula is C18H28O2Si. The van der Waals surface area contributed by atoms with Gasteiger partial charge in [-0.25, -0.2) is 0 Å². The first kappa shape index (κ1) is 16.4. The highest BCUT2D eigenvalue weighted by atomic mass is 28.4. The summed E-state index contributed by atoms with van der Waals surface area (Å²) in [5.74, 6) is 0.803. The van der Waals surface area contributed by atoms with Crippen LogP contribution in [0, 0.1) is 0 Å². The highest BCUT2D eigenvalue weighted by Crippen LogP contribution is 2.38. The molecule has 2 rings (SSSR count). The molecule has 0 radical (unpaired) electrons. The van der Waals surface area contributed by atoms with Crippen LogP contribution in [0.2, 0.25) is 18.1 Å². The van der Waals surface area contributed by atoms with Gasteiger partial charge in [0.05, 0.1) is 6.61 Å². The largest absolute Gasteiger partial charge is 0.413 e. The zero-order valence-corrected chi connectivity index (χ0v) is 15.0. The Bertz CT molecular complexity index is 514. The summed E-state index contributed by atoms with van der Waals surface area (Å²) >= 11 is 0. The van der Waals surface area contributed by atoms with Gasteiger partial charge in [-0.3, -0.25) is 4.79 Å². The van der Waals surface area contributed by atoms with Crippen molar-refractivity contribution in [3.63, 3.8) is 0 Å². The lowest BCUT2D eigenvalue weighted by Crippen LogP contribution is -2.40. The molecule has 1 unspecified atom stereocenters. The minimum atomic E-state index is -1.73. The van der Waals surface area contributed by atoms with Gasteiger partial charge in [-0.15, -0.1) is 0 Å². The van der Waals surface area contributed by atoms with Crippen LogP contribution in [-0.2, 0) is 15.8 Å². The molecule has 0 aromatic heterocycles. The fourth-order valence-corrected chi connectivity index (χ4v) is 3.57. The van der Waals surface area contributed by atoms with Crippen LogP contribution in [0.25, 0.3) is 0 Å². The number of hydrogen-bond acceptors (Lipinski definition) is 2. The molecular weight excluding hydrogens is 276 g/mol. The Morgan fingerprint density at radius 3 is 2.48 bits per heavy atom. The van der Waals surface area contributed by atoms with Crippen molar-refractivity contribution in [1.29, 1.82) is 0 Å². The summed E-state index contributed by atoms with van der Waals surface area (Å²) in [7, 11) is -1.73. The number of ketones is 1. The van der Waals surface area contributed by atoms with E-state index in [0.717, 1.165) is 12.8 Å². The standard InChI is InChI=1S/C18H28O2Si/c1-18(2,3)21(4,5)20-13-15-8-6-7-9-17(15)14-10-11-16(19)12-14/h6-9,14H,10-13H2,1-5H3. The summed E-state index contributed by atoms with van der Waals surface area (Å²) in [4.78, 5) is 11.6. The molecule has 0 bridgehead atoms. The van der Waals surface area contributed by atoms with Gasteiger partial charge in [-0.1, -0.05) is 45.0 Å². The van der Waals surface area contributed by atoms with Gasteiger partial charge < -0.3 is 4.43 Å². The second-order valence-electron chi connectivity index (χ2n) is 7.73. The molecule has 21 heavy (non-hydrogen) atoms. The highest BCUT2D eigenvalue weighted by Gasteiger charge is 2.37. The van der Waals surface area contributed by atoms with E-state index in [9.17, 15) is 4.79 Å². The van der Waals surface area contributed by atoms with Crippen LogP contribution < -0.4 is 0 Å². The first-order valence-corrected chi connectivity index (χ1v) is 10.8. The number of carbonyl (C=O) groups excluding carboxylic acids is 1. The predicted octanol–water partition coefficient (Wildman–Crippen LogP) is 5.05. The predicted molar refractivity (Wildman–Crippen MR) is 90.0 cm³/mol. The van der Waals surface area contributed by atoms with E-state index in [2.05, 4.69) is 58.1 Å². The van der Waals surface area contributed by atoms with Crippen LogP contribution in [0.5, 0.6) is 0 Å². The topological polar surface area (TPSA) is 26.3 Å². The maximum Gasteiger partial charge on any atom is 0.192 e. The van der Waals surface area contributed by atoms with E-state index in [-0.39, 0.29) is 5.04 Å². The number of rotatable bonds is 4. The first-order chi connectivity index (χ1) is 9.71. The van der Waals surface area contributed by atoms with Crippen LogP contribution in [0.4, 0.5) is 0 Å². The van der Waals surface area contributed by atoms with Crippen molar-refractivity contribution in [2.45, 2.75) is 70.7 Å². The Morgan fingerprint density at radius 2 is 1.90 bits per heavy atom. The Kier molecular flexibility index (Phi) is 4.74. The zero-order chi connectivity index (χ0) is 15.7. The molecule has 1 aliphatic carbocycles. The van der Waals surface area contributed by atoms with Crippen molar-refractivity contribution in [2.75, 3.05) is 0 Å². The maximum atomic E-state index is 11.6. The van der Waals surface area contributed by atoms with Gasteiger partial charge in [-0.2, -0.15) is 0 Å². The molecule has 1 atom stereocenters.